The number of amides is 4. The van der Waals surface area contributed by atoms with Gasteiger partial charge in [0, 0.05) is 25.0 Å². The molecule has 0 bridgehead atoms. The largest absolute Gasteiger partial charge is 0.458 e. The summed E-state index contributed by atoms with van der Waals surface area (Å²) < 4.78 is 11.0. The van der Waals surface area contributed by atoms with E-state index in [-0.39, 0.29) is 50.7 Å². The van der Waals surface area contributed by atoms with Gasteiger partial charge in [0.05, 0.1) is 0 Å². The highest BCUT2D eigenvalue weighted by Gasteiger charge is 2.38. The minimum absolute atomic E-state index is 0.00158. The van der Waals surface area contributed by atoms with Crippen molar-refractivity contribution in [2.75, 3.05) is 0 Å². The van der Waals surface area contributed by atoms with E-state index in [4.69, 9.17) is 9.47 Å². The Morgan fingerprint density at radius 3 is 1.43 bits per heavy atom. The number of ether oxygens (including phenoxy) is 2. The highest BCUT2D eigenvalue weighted by atomic mass is 16.5. The van der Waals surface area contributed by atoms with Gasteiger partial charge in [-0.3, -0.25) is 14.4 Å². The van der Waals surface area contributed by atoms with Crippen molar-refractivity contribution in [2.45, 2.75) is 76.4 Å². The van der Waals surface area contributed by atoms with E-state index in [1.54, 1.807) is 0 Å². The Morgan fingerprint density at radius 2 is 0.955 bits per heavy atom. The van der Waals surface area contributed by atoms with Crippen molar-refractivity contribution in [1.82, 2.24) is 21.3 Å². The van der Waals surface area contributed by atoms with Crippen LogP contribution in [-0.2, 0) is 53.8 Å². The number of rotatable bonds is 22. The van der Waals surface area contributed by atoms with E-state index in [2.05, 4.69) is 21.3 Å². The molecule has 0 spiro atoms. The number of hydrogen-bond acceptors (Lipinski definition) is 7. The molecule has 0 aliphatic carbocycles. The number of benzene rings is 6. The molecule has 0 radical (unpaired) electrons. The van der Waals surface area contributed by atoms with Crippen molar-refractivity contribution in [1.29, 1.82) is 0 Å². The maximum absolute atomic E-state index is 14.5. The Hall–Kier alpha value is -7.79. The van der Waals surface area contributed by atoms with E-state index in [0.717, 1.165) is 33.4 Å². The predicted octanol–water partition coefficient (Wildman–Crippen LogP) is 8.73. The third-order valence-corrected chi connectivity index (χ3v) is 11.1. The van der Waals surface area contributed by atoms with Crippen molar-refractivity contribution in [3.8, 4) is 0 Å². The molecule has 0 fully saturated rings. The standard InChI is InChI=1S/C56H58N4O7/c1-41(2)37-49(59-55(65)67-40-44-25-13-5-14-26-44)54(64)58-50(38-42-21-9-3-10-22-42)53(63)57-48(34-36-52(62)66-39-43-23-11-4-12-24-43)33-35-51(61)60-56(45-27-15-6-16-28-45,46-29-17-7-18-30-46)47-31-19-8-20-32-47/h3-32,34,36,41,48-50H,33,35,37-40H2,1-2H3,(H,57,63)(H,58,64)(H,59,65)(H,60,61)/b36-34+/t48-,49-,50-/m0/s1. The highest BCUT2D eigenvalue weighted by molar-refractivity contribution is 5.92. The van der Waals surface area contributed by atoms with Crippen molar-refractivity contribution in [2.24, 2.45) is 5.92 Å². The Morgan fingerprint density at radius 1 is 0.522 bits per heavy atom. The van der Waals surface area contributed by atoms with E-state index in [9.17, 15) is 24.0 Å². The summed E-state index contributed by atoms with van der Waals surface area (Å²) in [5, 5.41) is 12.0. The first kappa shape index (κ1) is 48.7. The maximum Gasteiger partial charge on any atom is 0.408 e. The van der Waals surface area contributed by atoms with E-state index in [1.807, 2.05) is 196 Å². The van der Waals surface area contributed by atoms with Crippen molar-refractivity contribution in [3.63, 3.8) is 0 Å². The van der Waals surface area contributed by atoms with Crippen molar-refractivity contribution >= 4 is 29.8 Å². The quantitative estimate of drug-likeness (QED) is 0.0302. The zero-order valence-corrected chi connectivity index (χ0v) is 37.9. The fourth-order valence-electron chi connectivity index (χ4n) is 7.75. The van der Waals surface area contributed by atoms with E-state index >= 15 is 0 Å². The number of carbonyl (C=O) groups is 5. The summed E-state index contributed by atoms with van der Waals surface area (Å²) in [6.07, 6.45) is 2.36. The highest BCUT2D eigenvalue weighted by Crippen LogP contribution is 2.37. The molecule has 11 nitrogen and oxygen atoms in total. The second kappa shape index (κ2) is 25.1. The number of hydrogen-bond donors (Lipinski definition) is 4. The lowest BCUT2D eigenvalue weighted by Crippen LogP contribution is -2.55. The van der Waals surface area contributed by atoms with Crippen LogP contribution >= 0.6 is 0 Å². The molecule has 6 rings (SSSR count). The lowest BCUT2D eigenvalue weighted by molar-refractivity contribution is -0.139. The van der Waals surface area contributed by atoms with Gasteiger partial charge in [-0.05, 0) is 52.1 Å². The van der Waals surface area contributed by atoms with Crippen LogP contribution in [0.1, 0.15) is 66.5 Å². The fourth-order valence-corrected chi connectivity index (χ4v) is 7.75. The Labute approximate surface area is 393 Å². The van der Waals surface area contributed by atoms with Crippen molar-refractivity contribution < 1.29 is 33.4 Å². The lowest BCUT2D eigenvalue weighted by Gasteiger charge is -2.37. The van der Waals surface area contributed by atoms with Crippen LogP contribution in [0.5, 0.6) is 0 Å². The van der Waals surface area contributed by atoms with Gasteiger partial charge in [-0.25, -0.2) is 9.59 Å². The molecule has 0 heterocycles. The zero-order chi connectivity index (χ0) is 47.3. The van der Waals surface area contributed by atoms with Crippen LogP contribution in [0.25, 0.3) is 0 Å². The lowest BCUT2D eigenvalue weighted by atomic mass is 9.77. The summed E-state index contributed by atoms with van der Waals surface area (Å²) in [6, 6.07) is 53.9. The first-order chi connectivity index (χ1) is 32.6. The van der Waals surface area contributed by atoms with Crippen LogP contribution in [0.2, 0.25) is 0 Å². The minimum Gasteiger partial charge on any atom is -0.458 e. The van der Waals surface area contributed by atoms with Crippen LogP contribution in [0, 0.1) is 5.92 Å². The summed E-state index contributed by atoms with van der Waals surface area (Å²) >= 11 is 0. The summed E-state index contributed by atoms with van der Waals surface area (Å²) in [5.41, 5.74) is 3.83. The van der Waals surface area contributed by atoms with Gasteiger partial charge in [0.25, 0.3) is 0 Å². The average molecular weight is 899 g/mol. The number of esters is 1. The second-order valence-corrected chi connectivity index (χ2v) is 16.6. The SMILES string of the molecule is CC(C)C[C@H](NC(=O)OCc1ccccc1)C(=O)N[C@@H](Cc1ccccc1)C(=O)N[C@H](/C=C/C(=O)OCc1ccccc1)CCC(=O)NC(c1ccccc1)(c1ccccc1)c1ccccc1. The summed E-state index contributed by atoms with van der Waals surface area (Å²) in [7, 11) is 0. The Balaban J connectivity index is 1.24. The van der Waals surface area contributed by atoms with Gasteiger partial charge in [-0.2, -0.15) is 0 Å². The Bertz CT molecular complexity index is 2410. The third kappa shape index (κ3) is 14.9. The molecule has 6 aromatic carbocycles. The van der Waals surface area contributed by atoms with Gasteiger partial charge in [-0.1, -0.05) is 202 Å². The van der Waals surface area contributed by atoms with E-state index in [0.29, 0.717) is 0 Å². The molecule has 0 aromatic heterocycles. The smallest absolute Gasteiger partial charge is 0.408 e. The first-order valence-electron chi connectivity index (χ1n) is 22.6. The molecule has 3 atom stereocenters. The molecule has 11 heteroatoms. The van der Waals surface area contributed by atoms with Gasteiger partial charge < -0.3 is 30.7 Å². The summed E-state index contributed by atoms with van der Waals surface area (Å²) in [6.45, 7) is 3.90. The van der Waals surface area contributed by atoms with Crippen LogP contribution in [0.3, 0.4) is 0 Å². The van der Waals surface area contributed by atoms with Gasteiger partial charge >= 0.3 is 12.1 Å². The van der Waals surface area contributed by atoms with E-state index < -0.39 is 47.5 Å². The van der Waals surface area contributed by atoms with Crippen LogP contribution < -0.4 is 21.3 Å². The molecule has 344 valence electrons. The third-order valence-electron chi connectivity index (χ3n) is 11.1. The van der Waals surface area contributed by atoms with E-state index in [1.165, 1.54) is 12.2 Å². The summed E-state index contributed by atoms with van der Waals surface area (Å²) in [4.78, 5) is 69.1. The molecule has 4 N–H and O–H groups in total. The molecule has 0 saturated carbocycles. The second-order valence-electron chi connectivity index (χ2n) is 16.6. The molecule has 6 aromatic rings. The number of carbonyl (C=O) groups excluding carboxylic acids is 5. The van der Waals surface area contributed by atoms with Gasteiger partial charge in [0.1, 0.15) is 30.8 Å². The van der Waals surface area contributed by atoms with Crippen molar-refractivity contribution in [3.05, 3.63) is 228 Å². The minimum atomic E-state index is -1.12. The molecule has 0 aliphatic heterocycles. The molecule has 67 heavy (non-hydrogen) atoms. The molecule has 4 amide bonds. The molecular formula is C56H58N4O7. The van der Waals surface area contributed by atoms with Crippen LogP contribution in [0.4, 0.5) is 4.79 Å². The summed E-state index contributed by atoms with van der Waals surface area (Å²) in [5.74, 6) is -2.09. The average Bonchev–Trinajstić information content (AvgIpc) is 3.36. The Kier molecular flexibility index (Phi) is 18.2. The zero-order valence-electron chi connectivity index (χ0n) is 37.9. The number of nitrogens with one attached hydrogen (secondary N) is 4. The topological polar surface area (TPSA) is 152 Å². The monoisotopic (exact) mass is 898 g/mol. The molecule has 0 aliphatic rings. The van der Waals surface area contributed by atoms with Gasteiger partial charge in [0.2, 0.25) is 17.7 Å². The first-order valence-corrected chi connectivity index (χ1v) is 22.6. The van der Waals surface area contributed by atoms with Crippen LogP contribution in [-0.4, -0.2) is 47.9 Å². The fraction of sp³-hybridized carbons (Fsp3) is 0.232. The van der Waals surface area contributed by atoms with Gasteiger partial charge in [0.15, 0.2) is 0 Å². The van der Waals surface area contributed by atoms with Crippen LogP contribution in [0.15, 0.2) is 194 Å². The van der Waals surface area contributed by atoms with Gasteiger partial charge in [-0.15, -0.1) is 0 Å². The molecule has 0 saturated heterocycles. The molecular weight excluding hydrogens is 841 g/mol. The molecule has 0 unspecified atom stereocenters. The maximum atomic E-state index is 14.5. The normalized spacial score (nSPS) is 12.6. The predicted molar refractivity (Wildman–Crippen MR) is 259 cm³/mol. The number of alkyl carbamates (subject to hydrolysis) is 1.